The molecule has 3 aromatic rings. The van der Waals surface area contributed by atoms with E-state index in [2.05, 4.69) is 25.4 Å². The first kappa shape index (κ1) is 13.2. The molecule has 0 saturated carbocycles. The van der Waals surface area contributed by atoms with Crippen molar-refractivity contribution in [2.75, 3.05) is 30.4 Å². The average Bonchev–Trinajstić information content (AvgIpc) is 3.24. The summed E-state index contributed by atoms with van der Waals surface area (Å²) in [4.78, 5) is 27.1. The molecule has 0 aromatic carbocycles. The van der Waals surface area contributed by atoms with Crippen molar-refractivity contribution in [2.45, 2.75) is 25.2 Å². The fourth-order valence-corrected chi connectivity index (χ4v) is 3.76. The second-order valence-corrected chi connectivity index (χ2v) is 6.82. The third-order valence-electron chi connectivity index (χ3n) is 5.29. The molecule has 3 aromatic heterocycles. The fraction of sp³-hybridized carbons (Fsp3) is 0.389. The van der Waals surface area contributed by atoms with Crippen molar-refractivity contribution in [1.82, 2.24) is 24.6 Å². The monoisotopic (exact) mass is 368 g/mol. The lowest BCUT2D eigenvalue weighted by atomic mass is 9.78. The van der Waals surface area contributed by atoms with Gasteiger partial charge < -0.3 is 15.0 Å². The van der Waals surface area contributed by atoms with Crippen LogP contribution in [0.3, 0.4) is 0 Å². The highest BCUT2D eigenvalue weighted by molar-refractivity contribution is 6.07. The number of nitrogens with zero attached hydrogens (tertiary/aromatic N) is 6. The van der Waals surface area contributed by atoms with Crippen LogP contribution >= 0.6 is 0 Å². The number of nitrogens with one attached hydrogen (secondary N) is 1. The SMILES string of the molecule is [2H]C([2H])([2H])N1C(=O)C2(CCOCC2)c2nc(Nc3cn4ncnc4cc3C)ncc21. The van der Waals surface area contributed by atoms with Gasteiger partial charge in [-0.25, -0.2) is 19.5 Å². The van der Waals surface area contributed by atoms with Gasteiger partial charge >= 0.3 is 0 Å². The van der Waals surface area contributed by atoms with E-state index in [1.165, 1.54) is 12.5 Å². The van der Waals surface area contributed by atoms with Crippen molar-refractivity contribution in [1.29, 1.82) is 0 Å². The van der Waals surface area contributed by atoms with Crippen LogP contribution in [0.4, 0.5) is 17.3 Å². The number of aromatic nitrogens is 5. The summed E-state index contributed by atoms with van der Waals surface area (Å²) in [7, 11) is 0. The van der Waals surface area contributed by atoms with Crippen LogP contribution in [0.2, 0.25) is 0 Å². The molecule has 0 radical (unpaired) electrons. The highest BCUT2D eigenvalue weighted by atomic mass is 16.5. The molecule has 1 N–H and O–H groups in total. The molecule has 2 aliphatic rings. The molecule has 9 nitrogen and oxygen atoms in total. The van der Waals surface area contributed by atoms with Crippen LogP contribution in [-0.2, 0) is 14.9 Å². The summed E-state index contributed by atoms with van der Waals surface area (Å²) in [6.45, 7) is 0.0502. The minimum Gasteiger partial charge on any atom is -0.381 e. The maximum absolute atomic E-state index is 13.2. The minimum absolute atomic E-state index is 0.232. The summed E-state index contributed by atoms with van der Waals surface area (Å²) in [6, 6.07) is 1.88. The Morgan fingerprint density at radius 1 is 1.33 bits per heavy atom. The van der Waals surface area contributed by atoms with E-state index >= 15 is 0 Å². The van der Waals surface area contributed by atoms with Crippen molar-refractivity contribution >= 4 is 28.9 Å². The smallest absolute Gasteiger partial charge is 0.239 e. The predicted molar refractivity (Wildman–Crippen MR) is 98.2 cm³/mol. The Morgan fingerprint density at radius 3 is 3.00 bits per heavy atom. The number of likely N-dealkylation sites (N-methyl/N-ethyl adjacent to an activating group) is 1. The number of aryl methyl sites for hydroxylation is 1. The molecular formula is C18H19N7O2. The van der Waals surface area contributed by atoms with Crippen LogP contribution < -0.4 is 10.2 Å². The van der Waals surface area contributed by atoms with E-state index in [0.29, 0.717) is 37.4 Å². The Kier molecular flexibility index (Phi) is 2.78. The van der Waals surface area contributed by atoms with Gasteiger partial charge in [0.25, 0.3) is 0 Å². The summed E-state index contributed by atoms with van der Waals surface area (Å²) in [5.74, 6) is -0.185. The van der Waals surface area contributed by atoms with Crippen molar-refractivity contribution in [3.8, 4) is 0 Å². The number of hydrogen-bond donors (Lipinski definition) is 1. The van der Waals surface area contributed by atoms with E-state index in [9.17, 15) is 4.79 Å². The van der Waals surface area contributed by atoms with Gasteiger partial charge in [0.15, 0.2) is 5.65 Å². The molecule has 5 rings (SSSR count). The van der Waals surface area contributed by atoms with E-state index in [1.807, 2.05) is 13.0 Å². The zero-order valence-corrected chi connectivity index (χ0v) is 14.6. The molecule has 0 atom stereocenters. The molecule has 1 amide bonds. The second-order valence-electron chi connectivity index (χ2n) is 6.82. The van der Waals surface area contributed by atoms with Gasteiger partial charge in [0.1, 0.15) is 6.33 Å². The molecule has 2 aliphatic heterocycles. The van der Waals surface area contributed by atoms with Crippen molar-refractivity contribution in [3.05, 3.63) is 36.0 Å². The van der Waals surface area contributed by atoms with Gasteiger partial charge in [-0.15, -0.1) is 0 Å². The maximum atomic E-state index is 13.2. The van der Waals surface area contributed by atoms with Crippen LogP contribution in [0.15, 0.2) is 24.8 Å². The lowest BCUT2D eigenvalue weighted by molar-refractivity contribution is -0.126. The average molecular weight is 368 g/mol. The normalized spacial score (nSPS) is 20.4. The third-order valence-corrected chi connectivity index (χ3v) is 5.29. The molecule has 0 bridgehead atoms. The number of anilines is 3. The van der Waals surface area contributed by atoms with E-state index in [1.54, 1.807) is 10.7 Å². The van der Waals surface area contributed by atoms with Gasteiger partial charge in [-0.1, -0.05) is 0 Å². The van der Waals surface area contributed by atoms with E-state index in [-0.39, 0.29) is 11.6 Å². The molecule has 9 heteroatoms. The summed E-state index contributed by atoms with van der Waals surface area (Å²) in [5, 5.41) is 7.29. The summed E-state index contributed by atoms with van der Waals surface area (Å²) >= 11 is 0. The molecule has 5 heterocycles. The van der Waals surface area contributed by atoms with Gasteiger partial charge in [-0.3, -0.25) is 4.79 Å². The molecule has 138 valence electrons. The van der Waals surface area contributed by atoms with Gasteiger partial charge in [0, 0.05) is 24.3 Å². The third kappa shape index (κ3) is 2.31. The number of fused-ring (bicyclic) bond motifs is 3. The molecule has 27 heavy (non-hydrogen) atoms. The fourth-order valence-electron chi connectivity index (χ4n) is 3.76. The quantitative estimate of drug-likeness (QED) is 0.733. The number of carbonyl (C=O) groups excluding carboxylic acids is 1. The predicted octanol–water partition coefficient (Wildman–Crippen LogP) is 1.60. The van der Waals surface area contributed by atoms with Gasteiger partial charge in [-0.2, -0.15) is 5.10 Å². The Labute approximate surface area is 159 Å². The summed E-state index contributed by atoms with van der Waals surface area (Å²) in [6.07, 6.45) is 5.41. The summed E-state index contributed by atoms with van der Waals surface area (Å²) < 4.78 is 30.6. The zero-order valence-electron chi connectivity index (χ0n) is 17.6. The van der Waals surface area contributed by atoms with Gasteiger partial charge in [0.2, 0.25) is 11.9 Å². The Morgan fingerprint density at radius 2 is 2.19 bits per heavy atom. The van der Waals surface area contributed by atoms with Crippen molar-refractivity contribution in [2.24, 2.45) is 0 Å². The Bertz CT molecular complexity index is 1150. The van der Waals surface area contributed by atoms with Gasteiger partial charge in [0.05, 0.1) is 34.9 Å². The number of carbonyl (C=O) groups is 1. The topological polar surface area (TPSA) is 97.5 Å². The molecular weight excluding hydrogens is 346 g/mol. The minimum atomic E-state index is -2.61. The lowest BCUT2D eigenvalue weighted by Gasteiger charge is -2.31. The number of pyridine rings is 1. The van der Waals surface area contributed by atoms with E-state index in [4.69, 9.17) is 8.85 Å². The van der Waals surface area contributed by atoms with Crippen LogP contribution in [0.5, 0.6) is 0 Å². The standard InChI is InChI=1S/C18H19N7O2/c1-11-7-14-20-10-21-25(14)9-12(11)22-17-19-8-13-15(23-17)18(16(26)24(13)2)3-5-27-6-4-18/h7-10H,3-6H2,1-2H3,(H,19,22,23)/i2D3. The highest BCUT2D eigenvalue weighted by Crippen LogP contribution is 2.46. The lowest BCUT2D eigenvalue weighted by Crippen LogP contribution is -2.43. The molecule has 0 unspecified atom stereocenters. The molecule has 0 aliphatic carbocycles. The Balaban J connectivity index is 1.59. The molecule has 1 fully saturated rings. The van der Waals surface area contributed by atoms with Crippen LogP contribution in [0.1, 0.15) is 28.2 Å². The maximum Gasteiger partial charge on any atom is 0.239 e. The number of amides is 1. The van der Waals surface area contributed by atoms with Crippen LogP contribution in [0, 0.1) is 6.92 Å². The highest BCUT2D eigenvalue weighted by Gasteiger charge is 2.52. The summed E-state index contributed by atoms with van der Waals surface area (Å²) in [5.41, 5.74) is 2.02. The Hall–Kier alpha value is -3.07. The second kappa shape index (κ2) is 5.71. The largest absolute Gasteiger partial charge is 0.381 e. The van der Waals surface area contributed by atoms with Crippen LogP contribution in [-0.4, -0.2) is 50.7 Å². The zero-order chi connectivity index (χ0) is 21.1. The molecule has 1 saturated heterocycles. The van der Waals surface area contributed by atoms with Crippen molar-refractivity contribution < 1.29 is 13.6 Å². The first-order valence-electron chi connectivity index (χ1n) is 10.2. The first-order chi connectivity index (χ1) is 14.3. The number of hydrogen-bond acceptors (Lipinski definition) is 7. The first-order valence-corrected chi connectivity index (χ1v) is 8.66. The van der Waals surface area contributed by atoms with Crippen molar-refractivity contribution in [3.63, 3.8) is 0 Å². The molecule has 1 spiro atoms. The van der Waals surface area contributed by atoms with E-state index in [0.717, 1.165) is 16.2 Å². The van der Waals surface area contributed by atoms with Gasteiger partial charge in [-0.05, 0) is 31.4 Å². The van der Waals surface area contributed by atoms with E-state index < -0.39 is 18.3 Å². The number of ether oxygens (including phenoxy) is 1. The van der Waals surface area contributed by atoms with Crippen LogP contribution in [0.25, 0.3) is 5.65 Å². The number of rotatable bonds is 2.